The van der Waals surface area contributed by atoms with Crippen LogP contribution in [0, 0.1) is 0 Å². The first-order valence-corrected chi connectivity index (χ1v) is 17.4. The van der Waals surface area contributed by atoms with Gasteiger partial charge in [0, 0.05) is 27.5 Å². The van der Waals surface area contributed by atoms with Gasteiger partial charge in [-0.2, -0.15) is 0 Å². The number of hydrogen-bond donors (Lipinski definition) is 0. The predicted octanol–water partition coefficient (Wildman–Crippen LogP) is 13.6. The van der Waals surface area contributed by atoms with Gasteiger partial charge in [-0.25, -0.2) is 4.98 Å². The highest BCUT2D eigenvalue weighted by Crippen LogP contribution is 2.44. The summed E-state index contributed by atoms with van der Waals surface area (Å²) in [6, 6.07) is 66.8. The van der Waals surface area contributed by atoms with E-state index in [4.69, 9.17) is 9.40 Å². The zero-order valence-electron chi connectivity index (χ0n) is 27.8. The lowest BCUT2D eigenvalue weighted by molar-refractivity contribution is 0.670. The molecule has 8 aromatic carbocycles. The Morgan fingerprint density at radius 2 is 0.922 bits per heavy atom. The van der Waals surface area contributed by atoms with Gasteiger partial charge in [0.05, 0.1) is 11.4 Å². The smallest absolute Gasteiger partial charge is 0.143 e. The third-order valence-corrected chi connectivity index (χ3v) is 10.0. The highest BCUT2D eigenvalue weighted by molar-refractivity contribution is 6.17. The van der Waals surface area contributed by atoms with Crippen LogP contribution in [0.2, 0.25) is 0 Å². The SMILES string of the molecule is c1ccc(-c2cc(-c3ccccc3)nc(-c3cccc4oc5c(-c6ccc7ccccc7c6)cc(-c6ccc7ccccc7c6)cc5c34)c2)cc1. The second-order valence-electron chi connectivity index (χ2n) is 13.2. The number of nitrogens with zero attached hydrogens (tertiary/aromatic N) is 1. The van der Waals surface area contributed by atoms with Gasteiger partial charge in [0.1, 0.15) is 11.2 Å². The average molecular weight is 650 g/mol. The fourth-order valence-corrected chi connectivity index (χ4v) is 7.47. The lowest BCUT2D eigenvalue weighted by Gasteiger charge is -2.12. The van der Waals surface area contributed by atoms with Gasteiger partial charge in [-0.05, 0) is 91.8 Å². The Morgan fingerprint density at radius 1 is 0.333 bits per heavy atom. The first kappa shape index (κ1) is 29.2. The van der Waals surface area contributed by atoms with E-state index in [1.165, 1.54) is 27.1 Å². The minimum absolute atomic E-state index is 0.841. The van der Waals surface area contributed by atoms with Gasteiger partial charge in [-0.1, -0.05) is 146 Å². The summed E-state index contributed by atoms with van der Waals surface area (Å²) in [7, 11) is 0. The van der Waals surface area contributed by atoms with E-state index >= 15 is 0 Å². The van der Waals surface area contributed by atoms with Crippen LogP contribution in [0.3, 0.4) is 0 Å². The summed E-state index contributed by atoms with van der Waals surface area (Å²) in [6.07, 6.45) is 0. The molecule has 2 aromatic heterocycles. The largest absolute Gasteiger partial charge is 0.455 e. The molecule has 10 rings (SSSR count). The maximum absolute atomic E-state index is 6.88. The molecule has 0 radical (unpaired) electrons. The molecule has 0 aliphatic heterocycles. The van der Waals surface area contributed by atoms with Crippen LogP contribution in [0.5, 0.6) is 0 Å². The van der Waals surface area contributed by atoms with Gasteiger partial charge in [0.15, 0.2) is 0 Å². The number of furan rings is 1. The van der Waals surface area contributed by atoms with Gasteiger partial charge >= 0.3 is 0 Å². The summed E-state index contributed by atoms with van der Waals surface area (Å²) in [5.74, 6) is 0. The molecule has 0 unspecified atom stereocenters. The zero-order valence-corrected chi connectivity index (χ0v) is 27.8. The molecule has 0 spiro atoms. The third-order valence-electron chi connectivity index (χ3n) is 10.0. The Kier molecular flexibility index (Phi) is 6.85. The van der Waals surface area contributed by atoms with Crippen LogP contribution in [0.25, 0.3) is 99.4 Å². The Bertz CT molecular complexity index is 2850. The number of rotatable bonds is 5. The van der Waals surface area contributed by atoms with E-state index in [0.29, 0.717) is 0 Å². The van der Waals surface area contributed by atoms with Gasteiger partial charge in [0.2, 0.25) is 0 Å². The lowest BCUT2D eigenvalue weighted by atomic mass is 9.92. The van der Waals surface area contributed by atoms with E-state index < -0.39 is 0 Å². The predicted molar refractivity (Wildman–Crippen MR) is 214 cm³/mol. The normalized spacial score (nSPS) is 11.5. The summed E-state index contributed by atoms with van der Waals surface area (Å²) >= 11 is 0. The topological polar surface area (TPSA) is 26.0 Å². The van der Waals surface area contributed by atoms with Crippen molar-refractivity contribution < 1.29 is 4.42 Å². The summed E-state index contributed by atoms with van der Waals surface area (Å²) in [5, 5.41) is 7.00. The van der Waals surface area contributed by atoms with Crippen molar-refractivity contribution in [1.29, 1.82) is 0 Å². The molecule has 2 nitrogen and oxygen atoms in total. The fourth-order valence-electron chi connectivity index (χ4n) is 7.47. The molecule has 238 valence electrons. The first-order valence-electron chi connectivity index (χ1n) is 17.4. The molecule has 2 heterocycles. The summed E-state index contributed by atoms with van der Waals surface area (Å²) in [6.45, 7) is 0. The third kappa shape index (κ3) is 5.17. The number of hydrogen-bond acceptors (Lipinski definition) is 2. The molecule has 0 atom stereocenters. The molecule has 0 fully saturated rings. The molecule has 0 saturated carbocycles. The van der Waals surface area contributed by atoms with E-state index in [-0.39, 0.29) is 0 Å². The Morgan fingerprint density at radius 3 is 1.65 bits per heavy atom. The minimum Gasteiger partial charge on any atom is -0.455 e. The van der Waals surface area contributed by atoms with Gasteiger partial charge in [-0.3, -0.25) is 0 Å². The van der Waals surface area contributed by atoms with Crippen molar-refractivity contribution in [2.24, 2.45) is 0 Å². The summed E-state index contributed by atoms with van der Waals surface area (Å²) < 4.78 is 6.88. The molecule has 0 amide bonds. The highest BCUT2D eigenvalue weighted by Gasteiger charge is 2.20. The Hall–Kier alpha value is -6.77. The van der Waals surface area contributed by atoms with Crippen molar-refractivity contribution in [3.05, 3.63) is 188 Å². The maximum atomic E-state index is 6.88. The van der Waals surface area contributed by atoms with Crippen LogP contribution in [-0.4, -0.2) is 4.98 Å². The molecule has 51 heavy (non-hydrogen) atoms. The van der Waals surface area contributed by atoms with Crippen LogP contribution in [0.15, 0.2) is 192 Å². The highest BCUT2D eigenvalue weighted by atomic mass is 16.3. The first-order chi connectivity index (χ1) is 25.2. The molecule has 0 bridgehead atoms. The van der Waals surface area contributed by atoms with Crippen molar-refractivity contribution >= 4 is 43.5 Å². The van der Waals surface area contributed by atoms with Crippen molar-refractivity contribution in [1.82, 2.24) is 4.98 Å². The minimum atomic E-state index is 0.841. The van der Waals surface area contributed by atoms with Gasteiger partial charge in [0.25, 0.3) is 0 Å². The van der Waals surface area contributed by atoms with E-state index in [9.17, 15) is 0 Å². The number of aromatic nitrogens is 1. The standard InChI is InChI=1S/C49H31NO/c1-3-12-32(13-4-1)41-30-45(35-16-5-2-6-17-35)50-46(31-41)42-20-11-21-47-48(42)44-29-40(38-24-22-33-14-7-9-18-36(33)26-38)28-43(49(44)51-47)39-25-23-34-15-8-10-19-37(34)27-39/h1-31H. The van der Waals surface area contributed by atoms with E-state index in [1.54, 1.807) is 0 Å². The van der Waals surface area contributed by atoms with Gasteiger partial charge < -0.3 is 4.42 Å². The average Bonchev–Trinajstić information content (AvgIpc) is 3.59. The molecule has 10 aromatic rings. The maximum Gasteiger partial charge on any atom is 0.143 e. The molecule has 0 N–H and O–H groups in total. The quantitative estimate of drug-likeness (QED) is 0.185. The molecule has 0 aliphatic carbocycles. The summed E-state index contributed by atoms with van der Waals surface area (Å²) in [5.41, 5.74) is 12.5. The van der Waals surface area contributed by atoms with Crippen LogP contribution in [0.1, 0.15) is 0 Å². The van der Waals surface area contributed by atoms with Crippen LogP contribution in [0.4, 0.5) is 0 Å². The van der Waals surface area contributed by atoms with Crippen LogP contribution >= 0.6 is 0 Å². The molecule has 0 saturated heterocycles. The van der Waals surface area contributed by atoms with Crippen molar-refractivity contribution in [2.45, 2.75) is 0 Å². The second kappa shape index (κ2) is 12.0. The molecular formula is C49H31NO. The zero-order chi connectivity index (χ0) is 33.7. The number of benzene rings is 8. The molecular weight excluding hydrogens is 619 g/mol. The summed E-state index contributed by atoms with van der Waals surface area (Å²) in [4.78, 5) is 5.32. The van der Waals surface area contributed by atoms with Crippen molar-refractivity contribution in [3.8, 4) is 55.9 Å². The second-order valence-corrected chi connectivity index (χ2v) is 13.2. The van der Waals surface area contributed by atoms with Gasteiger partial charge in [-0.15, -0.1) is 0 Å². The Balaban J connectivity index is 1.26. The van der Waals surface area contributed by atoms with Crippen LogP contribution < -0.4 is 0 Å². The lowest BCUT2D eigenvalue weighted by Crippen LogP contribution is -1.92. The monoisotopic (exact) mass is 649 g/mol. The number of fused-ring (bicyclic) bond motifs is 5. The van der Waals surface area contributed by atoms with Crippen LogP contribution in [-0.2, 0) is 0 Å². The fraction of sp³-hybridized carbons (Fsp3) is 0. The van der Waals surface area contributed by atoms with E-state index in [2.05, 4.69) is 182 Å². The van der Waals surface area contributed by atoms with Crippen molar-refractivity contribution in [2.75, 3.05) is 0 Å². The van der Waals surface area contributed by atoms with Crippen molar-refractivity contribution in [3.63, 3.8) is 0 Å². The van der Waals surface area contributed by atoms with E-state index in [0.717, 1.165) is 72.3 Å². The number of pyridine rings is 1. The Labute approximate surface area is 295 Å². The molecule has 2 heteroatoms. The molecule has 0 aliphatic rings. The van der Waals surface area contributed by atoms with E-state index in [1.807, 2.05) is 6.07 Å².